The number of aliphatic hydroxyl groups is 1. The zero-order valence-electron chi connectivity index (χ0n) is 10.8. The van der Waals surface area contributed by atoms with E-state index in [9.17, 15) is 9.90 Å². The Bertz CT molecular complexity index is 212. The van der Waals surface area contributed by atoms with Crippen LogP contribution in [0.25, 0.3) is 0 Å². The molecule has 0 aromatic heterocycles. The maximum Gasteiger partial charge on any atom is 0.320 e. The number of aliphatic carboxylic acids is 1. The number of carboxylic acids is 1. The van der Waals surface area contributed by atoms with Gasteiger partial charge in [-0.1, -0.05) is 27.7 Å². The Kier molecular flexibility index (Phi) is 6.60. The van der Waals surface area contributed by atoms with Gasteiger partial charge in [0.1, 0.15) is 6.04 Å². The normalized spacial score (nSPS) is 17.1. The molecule has 0 aliphatic rings. The van der Waals surface area contributed by atoms with E-state index in [2.05, 4.69) is 5.32 Å². The quantitative estimate of drug-likeness (QED) is 0.592. The molecule has 0 aromatic carbocycles. The van der Waals surface area contributed by atoms with Gasteiger partial charge < -0.3 is 15.5 Å². The van der Waals surface area contributed by atoms with E-state index in [0.29, 0.717) is 18.9 Å². The summed E-state index contributed by atoms with van der Waals surface area (Å²) in [6.07, 6.45) is 1.44. The molecular weight excluding hydrogens is 206 g/mol. The molecule has 3 N–H and O–H groups in total. The van der Waals surface area contributed by atoms with Gasteiger partial charge in [-0.25, -0.2) is 0 Å². The second-order valence-electron chi connectivity index (χ2n) is 5.22. The highest BCUT2D eigenvalue weighted by molar-refractivity contribution is 5.73. The largest absolute Gasteiger partial charge is 0.480 e. The van der Waals surface area contributed by atoms with E-state index >= 15 is 0 Å². The van der Waals surface area contributed by atoms with Crippen molar-refractivity contribution in [1.82, 2.24) is 5.32 Å². The number of carboxylic acid groups (broad SMARTS) is 1. The number of carbonyl (C=O) groups is 1. The van der Waals surface area contributed by atoms with Crippen molar-refractivity contribution >= 4 is 5.97 Å². The van der Waals surface area contributed by atoms with Gasteiger partial charge in [-0.05, 0) is 18.8 Å². The van der Waals surface area contributed by atoms with Gasteiger partial charge in [0.2, 0.25) is 0 Å². The first-order chi connectivity index (χ1) is 7.34. The average molecular weight is 231 g/mol. The van der Waals surface area contributed by atoms with Crippen molar-refractivity contribution < 1.29 is 15.0 Å². The van der Waals surface area contributed by atoms with Gasteiger partial charge in [-0.15, -0.1) is 0 Å². The first-order valence-corrected chi connectivity index (χ1v) is 5.91. The monoisotopic (exact) mass is 231 g/mol. The number of hydrogen-bond acceptors (Lipinski definition) is 3. The molecule has 0 fully saturated rings. The molecule has 0 aromatic rings. The minimum atomic E-state index is -0.815. The molecule has 0 saturated carbocycles. The summed E-state index contributed by atoms with van der Waals surface area (Å²) in [4.78, 5) is 11.0. The van der Waals surface area contributed by atoms with Gasteiger partial charge in [-0.3, -0.25) is 4.79 Å². The van der Waals surface area contributed by atoms with Crippen LogP contribution in [0.5, 0.6) is 0 Å². The van der Waals surface area contributed by atoms with Crippen LogP contribution in [-0.2, 0) is 4.79 Å². The smallest absolute Gasteiger partial charge is 0.320 e. The summed E-state index contributed by atoms with van der Waals surface area (Å²) in [5.74, 6) is -0.472. The minimum absolute atomic E-state index is 0.0739. The summed E-state index contributed by atoms with van der Waals surface area (Å²) in [6, 6.07) is -0.516. The Morgan fingerprint density at radius 3 is 2.31 bits per heavy atom. The lowest BCUT2D eigenvalue weighted by Gasteiger charge is -2.28. The average Bonchev–Trinajstić information content (AvgIpc) is 2.23. The third-order valence-corrected chi connectivity index (χ3v) is 3.02. The SMILES string of the molecule is CCC(C)(CO)CNC(CC(C)C)C(=O)O. The Balaban J connectivity index is 4.26. The molecule has 0 spiro atoms. The van der Waals surface area contributed by atoms with Crippen molar-refractivity contribution in [3.63, 3.8) is 0 Å². The maximum absolute atomic E-state index is 11.0. The maximum atomic E-state index is 11.0. The third-order valence-electron chi connectivity index (χ3n) is 3.02. The van der Waals surface area contributed by atoms with E-state index in [1.807, 2.05) is 27.7 Å². The summed E-state index contributed by atoms with van der Waals surface area (Å²) >= 11 is 0. The van der Waals surface area contributed by atoms with Gasteiger partial charge in [0.05, 0.1) is 0 Å². The summed E-state index contributed by atoms with van der Waals surface area (Å²) in [5.41, 5.74) is -0.231. The highest BCUT2D eigenvalue weighted by Gasteiger charge is 2.25. The number of nitrogens with one attached hydrogen (secondary N) is 1. The lowest BCUT2D eigenvalue weighted by Crippen LogP contribution is -2.44. The highest BCUT2D eigenvalue weighted by atomic mass is 16.4. The van der Waals surface area contributed by atoms with Crippen molar-refractivity contribution in [2.45, 2.75) is 46.6 Å². The van der Waals surface area contributed by atoms with E-state index in [4.69, 9.17) is 5.11 Å². The van der Waals surface area contributed by atoms with Crippen LogP contribution in [0.4, 0.5) is 0 Å². The number of rotatable bonds is 8. The van der Waals surface area contributed by atoms with Crippen LogP contribution in [0.2, 0.25) is 0 Å². The zero-order chi connectivity index (χ0) is 12.8. The fraction of sp³-hybridized carbons (Fsp3) is 0.917. The molecule has 0 amide bonds. The Morgan fingerprint density at radius 1 is 1.44 bits per heavy atom. The molecule has 16 heavy (non-hydrogen) atoms. The predicted octanol–water partition coefficient (Wildman–Crippen LogP) is 1.48. The van der Waals surface area contributed by atoms with Crippen LogP contribution < -0.4 is 5.32 Å². The fourth-order valence-corrected chi connectivity index (χ4v) is 1.41. The second-order valence-corrected chi connectivity index (χ2v) is 5.22. The highest BCUT2D eigenvalue weighted by Crippen LogP contribution is 2.19. The molecule has 0 rings (SSSR count). The van der Waals surface area contributed by atoms with E-state index in [1.54, 1.807) is 0 Å². The molecule has 4 nitrogen and oxygen atoms in total. The minimum Gasteiger partial charge on any atom is -0.480 e. The van der Waals surface area contributed by atoms with Crippen molar-refractivity contribution in [1.29, 1.82) is 0 Å². The standard InChI is InChI=1S/C12H25NO3/c1-5-12(4,8-14)7-13-10(11(15)16)6-9(2)3/h9-10,13-14H,5-8H2,1-4H3,(H,15,16). The van der Waals surface area contributed by atoms with E-state index in [1.165, 1.54) is 0 Å². The van der Waals surface area contributed by atoms with Crippen LogP contribution in [0.15, 0.2) is 0 Å². The number of aliphatic hydroxyl groups excluding tert-OH is 1. The Morgan fingerprint density at radius 2 is 2.00 bits per heavy atom. The molecule has 0 radical (unpaired) electrons. The van der Waals surface area contributed by atoms with Crippen LogP contribution in [-0.4, -0.2) is 35.4 Å². The summed E-state index contributed by atoms with van der Waals surface area (Å²) in [6.45, 7) is 8.56. The van der Waals surface area contributed by atoms with Gasteiger partial charge in [0.25, 0.3) is 0 Å². The van der Waals surface area contributed by atoms with E-state index in [-0.39, 0.29) is 12.0 Å². The molecule has 0 aliphatic heterocycles. The topological polar surface area (TPSA) is 69.6 Å². The summed E-state index contributed by atoms with van der Waals surface area (Å²) < 4.78 is 0. The van der Waals surface area contributed by atoms with Crippen molar-refractivity contribution in [3.05, 3.63) is 0 Å². The molecule has 4 heteroatoms. The molecule has 2 atom stereocenters. The molecular formula is C12H25NO3. The molecule has 96 valence electrons. The lowest BCUT2D eigenvalue weighted by atomic mass is 9.88. The zero-order valence-corrected chi connectivity index (χ0v) is 10.8. The summed E-state index contributed by atoms with van der Waals surface area (Å²) in [7, 11) is 0. The Labute approximate surface area is 98.1 Å². The first-order valence-electron chi connectivity index (χ1n) is 5.91. The van der Waals surface area contributed by atoms with Crippen LogP contribution in [0.1, 0.15) is 40.5 Å². The van der Waals surface area contributed by atoms with Gasteiger partial charge >= 0.3 is 5.97 Å². The van der Waals surface area contributed by atoms with Crippen LogP contribution >= 0.6 is 0 Å². The van der Waals surface area contributed by atoms with Crippen molar-refractivity contribution in [2.75, 3.05) is 13.2 Å². The summed E-state index contributed by atoms with van der Waals surface area (Å²) in [5, 5.41) is 21.3. The van der Waals surface area contributed by atoms with Crippen LogP contribution in [0, 0.1) is 11.3 Å². The molecule has 0 saturated heterocycles. The van der Waals surface area contributed by atoms with Crippen molar-refractivity contribution in [3.8, 4) is 0 Å². The van der Waals surface area contributed by atoms with Gasteiger partial charge in [0, 0.05) is 18.6 Å². The van der Waals surface area contributed by atoms with E-state index in [0.717, 1.165) is 6.42 Å². The lowest BCUT2D eigenvalue weighted by molar-refractivity contribution is -0.140. The third kappa shape index (κ3) is 5.47. The molecule has 2 unspecified atom stereocenters. The van der Waals surface area contributed by atoms with E-state index < -0.39 is 12.0 Å². The fourth-order valence-electron chi connectivity index (χ4n) is 1.41. The van der Waals surface area contributed by atoms with Crippen LogP contribution in [0.3, 0.4) is 0 Å². The molecule has 0 heterocycles. The molecule has 0 bridgehead atoms. The van der Waals surface area contributed by atoms with Gasteiger partial charge in [0.15, 0.2) is 0 Å². The molecule has 0 aliphatic carbocycles. The first kappa shape index (κ1) is 15.4. The Hall–Kier alpha value is -0.610. The van der Waals surface area contributed by atoms with Crippen molar-refractivity contribution in [2.24, 2.45) is 11.3 Å². The van der Waals surface area contributed by atoms with Gasteiger partial charge in [-0.2, -0.15) is 0 Å². The predicted molar refractivity (Wildman–Crippen MR) is 64.4 cm³/mol. The number of hydrogen-bond donors (Lipinski definition) is 3. The second kappa shape index (κ2) is 6.86.